The summed E-state index contributed by atoms with van der Waals surface area (Å²) in [5, 5.41) is 0. The van der Waals surface area contributed by atoms with Crippen molar-refractivity contribution in [1.29, 1.82) is 0 Å². The highest BCUT2D eigenvalue weighted by Gasteiger charge is 2.10. The second-order valence-corrected chi connectivity index (χ2v) is 7.55. The van der Waals surface area contributed by atoms with Crippen molar-refractivity contribution in [3.8, 4) is 0 Å². The van der Waals surface area contributed by atoms with E-state index in [0.29, 0.717) is 0 Å². The van der Waals surface area contributed by atoms with Crippen LogP contribution in [0, 0.1) is 5.82 Å². The predicted molar refractivity (Wildman–Crippen MR) is 116 cm³/mol. The van der Waals surface area contributed by atoms with E-state index >= 15 is 0 Å². The molecule has 0 nitrogen and oxygen atoms in total. The molecule has 0 N–H and O–H groups in total. The summed E-state index contributed by atoms with van der Waals surface area (Å²) in [6.45, 7) is 0. The van der Waals surface area contributed by atoms with E-state index in [0.717, 1.165) is 25.7 Å². The van der Waals surface area contributed by atoms with Crippen molar-refractivity contribution in [2.75, 3.05) is 0 Å². The Hall–Kier alpha value is -1.97. The van der Waals surface area contributed by atoms with E-state index in [-0.39, 0.29) is 11.7 Å². The third-order valence-corrected chi connectivity index (χ3v) is 5.45. The van der Waals surface area contributed by atoms with Gasteiger partial charge >= 0.3 is 0 Å². The Morgan fingerprint density at radius 1 is 0.654 bits per heavy atom. The van der Waals surface area contributed by atoms with Crippen LogP contribution in [-0.4, -0.2) is 0 Å². The molecule has 3 aromatic rings. The average molecular weight is 472 g/mol. The Balaban J connectivity index is 2.01. The first kappa shape index (κ1) is 18.8. The first-order valence-electron chi connectivity index (χ1n) is 8.24. The Labute approximate surface area is 170 Å². The first-order valence-corrected chi connectivity index (χ1v) is 9.83. The van der Waals surface area contributed by atoms with Gasteiger partial charge in [0.25, 0.3) is 0 Å². The molecule has 0 saturated carbocycles. The van der Waals surface area contributed by atoms with Gasteiger partial charge in [0.2, 0.25) is 0 Å². The fourth-order valence-electron chi connectivity index (χ4n) is 2.63. The van der Waals surface area contributed by atoms with Gasteiger partial charge in [0.1, 0.15) is 5.82 Å². The van der Waals surface area contributed by atoms with Gasteiger partial charge in [-0.15, -0.1) is 0 Å². The molecule has 0 spiro atoms. The standard InChI is InChI=1S/C23H17Br2F/c24-22(18-7-3-1-4-8-18)15-20(17-11-13-21(26)14-12-17)16-23(25)19-9-5-2-6-10-19/h1-16,20H/b22-15-,23-16-. The maximum Gasteiger partial charge on any atom is 0.123 e. The lowest BCUT2D eigenvalue weighted by atomic mass is 9.96. The fraction of sp³-hybridized carbons (Fsp3) is 0.0435. The lowest BCUT2D eigenvalue weighted by molar-refractivity contribution is 0.627. The van der Waals surface area contributed by atoms with Crippen molar-refractivity contribution in [2.45, 2.75) is 5.92 Å². The zero-order chi connectivity index (χ0) is 18.4. The number of allylic oxidation sites excluding steroid dienone is 2. The van der Waals surface area contributed by atoms with Crippen molar-refractivity contribution in [3.05, 3.63) is 120 Å². The fourth-order valence-corrected chi connectivity index (χ4v) is 3.73. The van der Waals surface area contributed by atoms with Gasteiger partial charge in [-0.1, -0.05) is 117 Å². The Morgan fingerprint density at radius 3 is 1.50 bits per heavy atom. The SMILES string of the molecule is Fc1ccc(C(/C=C(\Br)c2ccccc2)/C=C(\Br)c2ccccc2)cc1. The molecule has 0 aliphatic heterocycles. The summed E-state index contributed by atoms with van der Waals surface area (Å²) in [4.78, 5) is 0. The molecule has 3 rings (SSSR count). The van der Waals surface area contributed by atoms with Crippen molar-refractivity contribution in [3.63, 3.8) is 0 Å². The highest BCUT2D eigenvalue weighted by atomic mass is 79.9. The van der Waals surface area contributed by atoms with E-state index in [2.05, 4.69) is 68.3 Å². The van der Waals surface area contributed by atoms with Gasteiger partial charge < -0.3 is 0 Å². The van der Waals surface area contributed by atoms with Crippen molar-refractivity contribution in [2.24, 2.45) is 0 Å². The van der Waals surface area contributed by atoms with Gasteiger partial charge in [0.05, 0.1) is 0 Å². The van der Waals surface area contributed by atoms with Crippen LogP contribution in [0.5, 0.6) is 0 Å². The molecular formula is C23H17Br2F. The third kappa shape index (κ3) is 5.03. The molecular weight excluding hydrogens is 455 g/mol. The predicted octanol–water partition coefficient (Wildman–Crippen LogP) is 7.78. The Morgan fingerprint density at radius 2 is 1.08 bits per heavy atom. The summed E-state index contributed by atoms with van der Waals surface area (Å²) in [7, 11) is 0. The van der Waals surface area contributed by atoms with Crippen LogP contribution < -0.4 is 0 Å². The van der Waals surface area contributed by atoms with E-state index in [9.17, 15) is 4.39 Å². The number of hydrogen-bond acceptors (Lipinski definition) is 0. The lowest BCUT2D eigenvalue weighted by Crippen LogP contribution is -1.94. The smallest absolute Gasteiger partial charge is 0.123 e. The highest BCUT2D eigenvalue weighted by Crippen LogP contribution is 2.32. The van der Waals surface area contributed by atoms with Crippen molar-refractivity contribution in [1.82, 2.24) is 0 Å². The number of hydrogen-bond donors (Lipinski definition) is 0. The molecule has 0 fully saturated rings. The van der Waals surface area contributed by atoms with Gasteiger partial charge in [-0.05, 0) is 28.8 Å². The second kappa shape index (κ2) is 9.11. The zero-order valence-electron chi connectivity index (χ0n) is 13.9. The molecule has 0 saturated heterocycles. The van der Waals surface area contributed by atoms with Gasteiger partial charge in [-0.3, -0.25) is 0 Å². The van der Waals surface area contributed by atoms with E-state index in [1.54, 1.807) is 0 Å². The van der Waals surface area contributed by atoms with E-state index < -0.39 is 0 Å². The molecule has 0 amide bonds. The summed E-state index contributed by atoms with van der Waals surface area (Å²) < 4.78 is 15.4. The Kier molecular flexibility index (Phi) is 6.59. The van der Waals surface area contributed by atoms with Crippen LogP contribution in [0.15, 0.2) is 97.1 Å². The molecule has 0 bridgehead atoms. The highest BCUT2D eigenvalue weighted by molar-refractivity contribution is 9.15. The number of benzene rings is 3. The maximum absolute atomic E-state index is 13.4. The van der Waals surface area contributed by atoms with Crippen molar-refractivity contribution >= 4 is 40.8 Å². The van der Waals surface area contributed by atoms with Crippen LogP contribution in [0.2, 0.25) is 0 Å². The monoisotopic (exact) mass is 470 g/mol. The van der Waals surface area contributed by atoms with Crippen LogP contribution in [0.4, 0.5) is 4.39 Å². The molecule has 0 heterocycles. The molecule has 26 heavy (non-hydrogen) atoms. The van der Waals surface area contributed by atoms with Crippen molar-refractivity contribution < 1.29 is 4.39 Å². The zero-order valence-corrected chi connectivity index (χ0v) is 17.1. The molecule has 3 heteroatoms. The quantitative estimate of drug-likeness (QED) is 0.356. The van der Waals surface area contributed by atoms with Crippen LogP contribution in [0.1, 0.15) is 22.6 Å². The summed E-state index contributed by atoms with van der Waals surface area (Å²) in [6, 6.07) is 26.9. The largest absolute Gasteiger partial charge is 0.207 e. The van der Waals surface area contributed by atoms with Gasteiger partial charge in [0, 0.05) is 14.9 Å². The lowest BCUT2D eigenvalue weighted by Gasteiger charge is -2.12. The maximum atomic E-state index is 13.4. The molecule has 3 aromatic carbocycles. The Bertz CT molecular complexity index is 842. The third-order valence-electron chi connectivity index (χ3n) is 4.01. The molecule has 0 atom stereocenters. The minimum absolute atomic E-state index is 0.0141. The van der Waals surface area contributed by atoms with E-state index in [1.165, 1.54) is 12.1 Å². The van der Waals surface area contributed by atoms with Crippen LogP contribution in [-0.2, 0) is 0 Å². The summed E-state index contributed by atoms with van der Waals surface area (Å²) in [5.74, 6) is -0.246. The van der Waals surface area contributed by atoms with Crippen LogP contribution in [0.3, 0.4) is 0 Å². The molecule has 0 aliphatic rings. The summed E-state index contributed by atoms with van der Waals surface area (Å²) in [5.41, 5.74) is 3.22. The minimum atomic E-state index is -0.232. The summed E-state index contributed by atoms with van der Waals surface area (Å²) >= 11 is 7.37. The summed E-state index contributed by atoms with van der Waals surface area (Å²) in [6.07, 6.45) is 4.26. The average Bonchev–Trinajstić information content (AvgIpc) is 2.69. The van der Waals surface area contributed by atoms with Gasteiger partial charge in [0.15, 0.2) is 0 Å². The molecule has 0 aliphatic carbocycles. The minimum Gasteiger partial charge on any atom is -0.207 e. The first-order chi connectivity index (χ1) is 12.6. The molecule has 0 radical (unpaired) electrons. The normalized spacial score (nSPS) is 12.5. The number of halogens is 3. The molecule has 0 aromatic heterocycles. The number of rotatable bonds is 5. The second-order valence-electron chi connectivity index (χ2n) is 5.84. The van der Waals surface area contributed by atoms with Gasteiger partial charge in [-0.25, -0.2) is 4.39 Å². The van der Waals surface area contributed by atoms with E-state index in [4.69, 9.17) is 0 Å². The van der Waals surface area contributed by atoms with Gasteiger partial charge in [-0.2, -0.15) is 0 Å². The van der Waals surface area contributed by atoms with Crippen LogP contribution in [0.25, 0.3) is 8.96 Å². The van der Waals surface area contributed by atoms with Crippen LogP contribution >= 0.6 is 31.9 Å². The molecule has 130 valence electrons. The topological polar surface area (TPSA) is 0 Å². The van der Waals surface area contributed by atoms with E-state index in [1.807, 2.05) is 48.5 Å². The molecule has 0 unspecified atom stereocenters.